The van der Waals surface area contributed by atoms with Crippen LogP contribution in [0.4, 0.5) is 5.82 Å². The second-order valence-electron chi connectivity index (χ2n) is 7.59. The summed E-state index contributed by atoms with van der Waals surface area (Å²) >= 11 is 0. The highest BCUT2D eigenvalue weighted by molar-refractivity contribution is 5.94. The van der Waals surface area contributed by atoms with Crippen LogP contribution in [0.3, 0.4) is 0 Å². The summed E-state index contributed by atoms with van der Waals surface area (Å²) in [5.74, 6) is 0.545. The lowest BCUT2D eigenvalue weighted by Crippen LogP contribution is -2.24. The molecule has 0 saturated carbocycles. The molecule has 0 saturated heterocycles. The summed E-state index contributed by atoms with van der Waals surface area (Å²) < 4.78 is 2.10. The van der Waals surface area contributed by atoms with Crippen molar-refractivity contribution in [2.75, 3.05) is 12.4 Å². The van der Waals surface area contributed by atoms with Crippen molar-refractivity contribution in [3.8, 4) is 0 Å². The number of aromatic nitrogens is 2. The van der Waals surface area contributed by atoms with Crippen molar-refractivity contribution in [1.29, 1.82) is 0 Å². The molecule has 148 valence electrons. The Morgan fingerprint density at radius 1 is 1.34 bits per heavy atom. The number of nitrogens with zero attached hydrogens (tertiary/aromatic N) is 3. The minimum atomic E-state index is -0.0680. The number of hydrogen-bond donors (Lipinski definition) is 1. The minimum Gasteiger partial charge on any atom is -0.350 e. The molecule has 1 aromatic carbocycles. The van der Waals surface area contributed by atoms with Crippen LogP contribution >= 0.6 is 0 Å². The van der Waals surface area contributed by atoms with Crippen LogP contribution in [-0.2, 0) is 29.6 Å². The molecule has 0 bridgehead atoms. The number of nitrogens with one attached hydrogen (secondary N) is 1. The number of anilines is 1. The Balaban J connectivity index is 1.49. The molecule has 6 heteroatoms. The zero-order chi connectivity index (χ0) is 20.5. The van der Waals surface area contributed by atoms with E-state index >= 15 is 0 Å². The number of fused-ring (bicyclic) bond motifs is 2. The number of amides is 2. The lowest BCUT2D eigenvalue weighted by Gasteiger charge is -2.16. The SMILES string of the molecule is Cc1cccc2c1c(CN(C)C(=O)C=Cc1cnc3c(c1)CCC(=O)N3)cn2C. The van der Waals surface area contributed by atoms with Crippen LogP contribution < -0.4 is 5.32 Å². The molecular formula is C23H24N4O2. The van der Waals surface area contributed by atoms with E-state index in [1.807, 2.05) is 20.2 Å². The zero-order valence-electron chi connectivity index (χ0n) is 16.9. The van der Waals surface area contributed by atoms with Gasteiger partial charge in [-0.05, 0) is 53.8 Å². The average molecular weight is 388 g/mol. The Hall–Kier alpha value is -3.41. The lowest BCUT2D eigenvalue weighted by molar-refractivity contribution is -0.125. The fourth-order valence-corrected chi connectivity index (χ4v) is 3.85. The van der Waals surface area contributed by atoms with Gasteiger partial charge >= 0.3 is 0 Å². The number of carbonyl (C=O) groups excluding carboxylic acids is 2. The molecule has 0 aliphatic carbocycles. The van der Waals surface area contributed by atoms with E-state index < -0.39 is 0 Å². The summed E-state index contributed by atoms with van der Waals surface area (Å²) in [5.41, 5.74) is 5.36. The molecular weight excluding hydrogens is 364 g/mol. The third kappa shape index (κ3) is 3.78. The summed E-state index contributed by atoms with van der Waals surface area (Å²) in [6.07, 6.45) is 8.24. The van der Waals surface area contributed by atoms with E-state index in [0.717, 1.165) is 16.7 Å². The van der Waals surface area contributed by atoms with Crippen molar-refractivity contribution in [1.82, 2.24) is 14.5 Å². The first kappa shape index (κ1) is 18.9. The van der Waals surface area contributed by atoms with Gasteiger partial charge in [0, 0.05) is 56.4 Å². The van der Waals surface area contributed by atoms with Crippen molar-refractivity contribution in [2.45, 2.75) is 26.3 Å². The quantitative estimate of drug-likeness (QED) is 0.696. The van der Waals surface area contributed by atoms with Gasteiger partial charge < -0.3 is 14.8 Å². The monoisotopic (exact) mass is 388 g/mol. The van der Waals surface area contributed by atoms with Gasteiger partial charge in [0.2, 0.25) is 11.8 Å². The molecule has 2 aromatic heterocycles. The average Bonchev–Trinajstić information content (AvgIpc) is 3.02. The summed E-state index contributed by atoms with van der Waals surface area (Å²) in [7, 11) is 3.84. The van der Waals surface area contributed by atoms with Crippen LogP contribution in [0.25, 0.3) is 17.0 Å². The van der Waals surface area contributed by atoms with Gasteiger partial charge in [-0.1, -0.05) is 12.1 Å². The van der Waals surface area contributed by atoms with E-state index in [-0.39, 0.29) is 11.8 Å². The summed E-state index contributed by atoms with van der Waals surface area (Å²) in [4.78, 5) is 30.1. The van der Waals surface area contributed by atoms with E-state index in [4.69, 9.17) is 0 Å². The Morgan fingerprint density at radius 3 is 3.00 bits per heavy atom. The molecule has 1 aliphatic heterocycles. The molecule has 4 rings (SSSR count). The first-order valence-corrected chi connectivity index (χ1v) is 9.68. The second-order valence-corrected chi connectivity index (χ2v) is 7.59. The number of hydrogen-bond acceptors (Lipinski definition) is 3. The van der Waals surface area contributed by atoms with E-state index in [1.165, 1.54) is 16.5 Å². The van der Waals surface area contributed by atoms with Crippen molar-refractivity contribution in [3.05, 3.63) is 65.0 Å². The van der Waals surface area contributed by atoms with Gasteiger partial charge in [-0.3, -0.25) is 9.59 Å². The fourth-order valence-electron chi connectivity index (χ4n) is 3.85. The largest absolute Gasteiger partial charge is 0.350 e. The van der Waals surface area contributed by atoms with Crippen molar-refractivity contribution in [2.24, 2.45) is 7.05 Å². The first-order valence-electron chi connectivity index (χ1n) is 9.68. The maximum atomic E-state index is 12.6. The van der Waals surface area contributed by atoms with Crippen molar-refractivity contribution in [3.63, 3.8) is 0 Å². The highest BCUT2D eigenvalue weighted by atomic mass is 16.2. The molecule has 0 atom stereocenters. The highest BCUT2D eigenvalue weighted by Crippen LogP contribution is 2.25. The third-order valence-electron chi connectivity index (χ3n) is 5.37. The van der Waals surface area contributed by atoms with E-state index in [9.17, 15) is 9.59 Å². The Kier molecular flexibility index (Phi) is 4.92. The lowest BCUT2D eigenvalue weighted by atomic mass is 10.0. The van der Waals surface area contributed by atoms with Gasteiger partial charge in [0.1, 0.15) is 5.82 Å². The van der Waals surface area contributed by atoms with E-state index in [1.54, 1.807) is 23.2 Å². The molecule has 2 amide bonds. The van der Waals surface area contributed by atoms with Crippen LogP contribution in [0.5, 0.6) is 0 Å². The number of rotatable bonds is 4. The molecule has 3 aromatic rings. The van der Waals surface area contributed by atoms with Crippen LogP contribution in [0, 0.1) is 6.92 Å². The fraction of sp³-hybridized carbons (Fsp3) is 0.261. The molecule has 1 aliphatic rings. The number of likely N-dealkylation sites (N-methyl/N-ethyl adjacent to an activating group) is 1. The number of carbonyl (C=O) groups is 2. The summed E-state index contributed by atoms with van der Waals surface area (Å²) in [5, 5.41) is 3.98. The summed E-state index contributed by atoms with van der Waals surface area (Å²) in [6.45, 7) is 2.64. The molecule has 3 heterocycles. The number of aryl methyl sites for hydroxylation is 3. The predicted molar refractivity (Wildman–Crippen MR) is 114 cm³/mol. The minimum absolute atomic E-state index is 0.00577. The Morgan fingerprint density at radius 2 is 2.17 bits per heavy atom. The number of pyridine rings is 1. The van der Waals surface area contributed by atoms with Crippen LogP contribution in [0.15, 0.2) is 42.7 Å². The van der Waals surface area contributed by atoms with Gasteiger partial charge in [-0.15, -0.1) is 0 Å². The predicted octanol–water partition coefficient (Wildman–Crippen LogP) is 3.44. The molecule has 0 unspecified atom stereocenters. The van der Waals surface area contributed by atoms with Gasteiger partial charge in [0.15, 0.2) is 0 Å². The second kappa shape index (κ2) is 7.54. The molecule has 0 fully saturated rings. The van der Waals surface area contributed by atoms with Crippen LogP contribution in [0.1, 0.15) is 28.7 Å². The van der Waals surface area contributed by atoms with Crippen LogP contribution in [0.2, 0.25) is 0 Å². The maximum Gasteiger partial charge on any atom is 0.246 e. The third-order valence-corrected chi connectivity index (χ3v) is 5.37. The smallest absolute Gasteiger partial charge is 0.246 e. The van der Waals surface area contributed by atoms with Gasteiger partial charge in [0.05, 0.1) is 0 Å². The normalized spacial score (nSPS) is 13.6. The maximum absolute atomic E-state index is 12.6. The first-order chi connectivity index (χ1) is 13.9. The van der Waals surface area contributed by atoms with E-state index in [0.29, 0.717) is 25.2 Å². The molecule has 6 nitrogen and oxygen atoms in total. The zero-order valence-corrected chi connectivity index (χ0v) is 16.9. The molecule has 0 spiro atoms. The summed E-state index contributed by atoms with van der Waals surface area (Å²) in [6, 6.07) is 8.22. The van der Waals surface area contributed by atoms with E-state index in [2.05, 4.69) is 46.2 Å². The molecule has 1 N–H and O–H groups in total. The topological polar surface area (TPSA) is 67.2 Å². The Bertz CT molecular complexity index is 1140. The number of benzene rings is 1. The van der Waals surface area contributed by atoms with Gasteiger partial charge in [-0.2, -0.15) is 0 Å². The van der Waals surface area contributed by atoms with Gasteiger partial charge in [-0.25, -0.2) is 4.98 Å². The van der Waals surface area contributed by atoms with Crippen molar-refractivity contribution >= 4 is 34.6 Å². The molecule has 29 heavy (non-hydrogen) atoms. The van der Waals surface area contributed by atoms with Gasteiger partial charge in [0.25, 0.3) is 0 Å². The Labute approximate surface area is 169 Å². The standard InChI is InChI=1S/C23H24N4O2/c1-15-5-4-6-19-22(15)18(13-26(19)2)14-27(3)21(29)10-7-16-11-17-8-9-20(28)25-23(17)24-12-16/h4-7,10-13H,8-9,14H2,1-3H3,(H,24,25,28). The highest BCUT2D eigenvalue weighted by Gasteiger charge is 2.16. The molecule has 0 radical (unpaired) electrons. The van der Waals surface area contributed by atoms with Crippen LogP contribution in [-0.4, -0.2) is 33.3 Å². The van der Waals surface area contributed by atoms with Crippen molar-refractivity contribution < 1.29 is 9.59 Å².